The first-order chi connectivity index (χ1) is 9.17. The van der Waals surface area contributed by atoms with Crippen LogP contribution >= 0.6 is 0 Å². The summed E-state index contributed by atoms with van der Waals surface area (Å²) in [5.41, 5.74) is 4.40. The van der Waals surface area contributed by atoms with E-state index in [0.29, 0.717) is 6.04 Å². The smallest absolute Gasteiger partial charge is 0.0136 e. The average Bonchev–Trinajstić information content (AvgIpc) is 3.00. The van der Waals surface area contributed by atoms with Crippen molar-refractivity contribution in [1.82, 2.24) is 5.32 Å². The van der Waals surface area contributed by atoms with Gasteiger partial charge in [0.1, 0.15) is 0 Å². The zero-order valence-electron chi connectivity index (χ0n) is 12.6. The lowest BCUT2D eigenvalue weighted by molar-refractivity contribution is 0.336. The molecule has 0 aromatic heterocycles. The maximum absolute atomic E-state index is 3.76. The highest BCUT2D eigenvalue weighted by atomic mass is 14.9. The molecule has 0 bridgehead atoms. The van der Waals surface area contributed by atoms with Gasteiger partial charge in [-0.1, -0.05) is 30.7 Å². The van der Waals surface area contributed by atoms with Gasteiger partial charge in [0.05, 0.1) is 0 Å². The summed E-state index contributed by atoms with van der Waals surface area (Å²) in [4.78, 5) is 0. The summed E-state index contributed by atoms with van der Waals surface area (Å²) >= 11 is 0. The molecule has 0 saturated heterocycles. The van der Waals surface area contributed by atoms with Crippen molar-refractivity contribution >= 4 is 0 Å². The van der Waals surface area contributed by atoms with Gasteiger partial charge in [-0.3, -0.25) is 0 Å². The first-order valence-electron chi connectivity index (χ1n) is 7.97. The fourth-order valence-corrected chi connectivity index (χ4v) is 4.01. The van der Waals surface area contributed by atoms with Crippen LogP contribution in [0.25, 0.3) is 0 Å². The van der Waals surface area contributed by atoms with E-state index in [9.17, 15) is 0 Å². The molecule has 1 N–H and O–H groups in total. The van der Waals surface area contributed by atoms with Gasteiger partial charge in [-0.25, -0.2) is 0 Å². The second-order valence-corrected chi connectivity index (χ2v) is 6.79. The van der Waals surface area contributed by atoms with Gasteiger partial charge in [0, 0.05) is 6.04 Å². The van der Waals surface area contributed by atoms with E-state index >= 15 is 0 Å². The second kappa shape index (κ2) is 5.28. The predicted octanol–water partition coefficient (Wildman–Crippen LogP) is 3.87. The molecule has 0 amide bonds. The second-order valence-electron chi connectivity index (χ2n) is 6.79. The van der Waals surface area contributed by atoms with E-state index in [0.717, 1.165) is 24.3 Å². The molecule has 3 rings (SSSR count). The Morgan fingerprint density at radius 2 is 1.89 bits per heavy atom. The summed E-state index contributed by atoms with van der Waals surface area (Å²) in [5.74, 6) is 3.10. The molecule has 1 aromatic carbocycles. The number of benzene rings is 1. The van der Waals surface area contributed by atoms with Crippen LogP contribution in [0.5, 0.6) is 0 Å². The SMILES string of the molecule is CCNC(Cc1cc(C)ccc1C)C1CC2CC2C1. The van der Waals surface area contributed by atoms with Crippen molar-refractivity contribution < 1.29 is 0 Å². The largest absolute Gasteiger partial charge is 0.314 e. The number of hydrogen-bond donors (Lipinski definition) is 1. The van der Waals surface area contributed by atoms with Gasteiger partial charge in [0.2, 0.25) is 0 Å². The Hall–Kier alpha value is -0.820. The molecular weight excluding hydrogens is 230 g/mol. The molecule has 0 heterocycles. The quantitative estimate of drug-likeness (QED) is 0.844. The number of nitrogens with one attached hydrogen (secondary N) is 1. The van der Waals surface area contributed by atoms with Gasteiger partial charge in [-0.05, 0) is 75.0 Å². The van der Waals surface area contributed by atoms with Gasteiger partial charge in [-0.15, -0.1) is 0 Å². The minimum Gasteiger partial charge on any atom is -0.314 e. The van der Waals surface area contributed by atoms with E-state index in [1.54, 1.807) is 5.56 Å². The summed E-state index contributed by atoms with van der Waals surface area (Å²) in [5, 5.41) is 3.76. The molecule has 104 valence electrons. The van der Waals surface area contributed by atoms with E-state index in [1.165, 1.54) is 36.8 Å². The molecule has 3 unspecified atom stereocenters. The number of hydrogen-bond acceptors (Lipinski definition) is 1. The first kappa shape index (κ1) is 13.2. The molecule has 19 heavy (non-hydrogen) atoms. The molecule has 2 aliphatic rings. The van der Waals surface area contributed by atoms with Crippen molar-refractivity contribution in [2.45, 2.75) is 52.5 Å². The maximum Gasteiger partial charge on any atom is 0.0136 e. The first-order valence-corrected chi connectivity index (χ1v) is 7.97. The summed E-state index contributed by atoms with van der Waals surface area (Å²) in [6, 6.07) is 7.58. The molecule has 2 fully saturated rings. The highest BCUT2D eigenvalue weighted by Crippen LogP contribution is 2.55. The van der Waals surface area contributed by atoms with Crippen molar-refractivity contribution in [3.05, 3.63) is 34.9 Å². The van der Waals surface area contributed by atoms with Crippen LogP contribution in [0.15, 0.2) is 18.2 Å². The van der Waals surface area contributed by atoms with Crippen LogP contribution in [0, 0.1) is 31.6 Å². The number of likely N-dealkylation sites (N-methyl/N-ethyl adjacent to an activating group) is 1. The lowest BCUT2D eigenvalue weighted by atomic mass is 9.88. The lowest BCUT2D eigenvalue weighted by Crippen LogP contribution is -2.37. The Balaban J connectivity index is 1.71. The molecule has 1 nitrogen and oxygen atoms in total. The lowest BCUT2D eigenvalue weighted by Gasteiger charge is -2.26. The molecule has 0 aliphatic heterocycles. The van der Waals surface area contributed by atoms with Crippen LogP contribution in [0.3, 0.4) is 0 Å². The van der Waals surface area contributed by atoms with Crippen molar-refractivity contribution in [3.8, 4) is 0 Å². The molecule has 3 atom stereocenters. The molecule has 2 aliphatic carbocycles. The Kier molecular flexibility index (Phi) is 3.66. The minimum absolute atomic E-state index is 0.693. The predicted molar refractivity (Wildman–Crippen MR) is 81.4 cm³/mol. The number of fused-ring (bicyclic) bond motifs is 1. The van der Waals surface area contributed by atoms with E-state index in [2.05, 4.69) is 44.3 Å². The third-order valence-electron chi connectivity index (χ3n) is 5.26. The van der Waals surface area contributed by atoms with Crippen molar-refractivity contribution in [2.75, 3.05) is 6.54 Å². The maximum atomic E-state index is 3.76. The standard InChI is InChI=1S/C18H27N/c1-4-19-18(17-9-15-8-16(15)10-17)11-14-7-12(2)5-6-13(14)3/h5-7,15-19H,4,8-11H2,1-3H3. The van der Waals surface area contributed by atoms with Crippen LogP contribution in [0.2, 0.25) is 0 Å². The fraction of sp³-hybridized carbons (Fsp3) is 0.667. The van der Waals surface area contributed by atoms with Gasteiger partial charge < -0.3 is 5.32 Å². The summed E-state index contributed by atoms with van der Waals surface area (Å²) in [6.45, 7) is 7.80. The fourth-order valence-electron chi connectivity index (χ4n) is 4.01. The topological polar surface area (TPSA) is 12.0 Å². The van der Waals surface area contributed by atoms with Gasteiger partial charge in [0.25, 0.3) is 0 Å². The van der Waals surface area contributed by atoms with Gasteiger partial charge >= 0.3 is 0 Å². The summed E-state index contributed by atoms with van der Waals surface area (Å²) in [7, 11) is 0. The van der Waals surface area contributed by atoms with E-state index < -0.39 is 0 Å². The Labute approximate surface area is 117 Å². The molecule has 1 heteroatoms. The van der Waals surface area contributed by atoms with Gasteiger partial charge in [-0.2, -0.15) is 0 Å². The normalized spacial score (nSPS) is 30.2. The van der Waals surface area contributed by atoms with Crippen LogP contribution in [0.1, 0.15) is 42.9 Å². The highest BCUT2D eigenvalue weighted by molar-refractivity contribution is 5.31. The van der Waals surface area contributed by atoms with Crippen molar-refractivity contribution in [2.24, 2.45) is 17.8 Å². The Bertz CT molecular complexity index is 441. The minimum atomic E-state index is 0.693. The molecule has 2 saturated carbocycles. The van der Waals surface area contributed by atoms with E-state index in [4.69, 9.17) is 0 Å². The van der Waals surface area contributed by atoms with E-state index in [-0.39, 0.29) is 0 Å². The zero-order chi connectivity index (χ0) is 13.4. The average molecular weight is 257 g/mol. The third-order valence-corrected chi connectivity index (χ3v) is 5.26. The summed E-state index contributed by atoms with van der Waals surface area (Å²) < 4.78 is 0. The van der Waals surface area contributed by atoms with Crippen LogP contribution in [-0.2, 0) is 6.42 Å². The van der Waals surface area contributed by atoms with Crippen molar-refractivity contribution in [3.63, 3.8) is 0 Å². The highest BCUT2D eigenvalue weighted by Gasteiger charge is 2.47. The Morgan fingerprint density at radius 3 is 2.58 bits per heavy atom. The third kappa shape index (κ3) is 2.86. The van der Waals surface area contributed by atoms with E-state index in [1.807, 2.05) is 0 Å². The molecule has 0 radical (unpaired) electrons. The summed E-state index contributed by atoms with van der Waals surface area (Å²) in [6.07, 6.45) is 5.70. The van der Waals surface area contributed by atoms with Crippen LogP contribution < -0.4 is 5.32 Å². The number of aryl methyl sites for hydroxylation is 2. The monoisotopic (exact) mass is 257 g/mol. The zero-order valence-corrected chi connectivity index (χ0v) is 12.6. The molecule has 0 spiro atoms. The molecule has 1 aromatic rings. The molecular formula is C18H27N. The van der Waals surface area contributed by atoms with Crippen LogP contribution in [0.4, 0.5) is 0 Å². The van der Waals surface area contributed by atoms with Crippen LogP contribution in [-0.4, -0.2) is 12.6 Å². The number of rotatable bonds is 5. The van der Waals surface area contributed by atoms with Gasteiger partial charge in [0.15, 0.2) is 0 Å². The Morgan fingerprint density at radius 1 is 1.16 bits per heavy atom. The van der Waals surface area contributed by atoms with Crippen molar-refractivity contribution in [1.29, 1.82) is 0 Å².